The number of nitrogens with one attached hydrogen (secondary N) is 2. The zero-order valence-electron chi connectivity index (χ0n) is 13.0. The summed E-state index contributed by atoms with van der Waals surface area (Å²) in [7, 11) is 0. The van der Waals surface area contributed by atoms with E-state index in [-0.39, 0.29) is 18.4 Å². The Morgan fingerprint density at radius 3 is 2.42 bits per heavy atom. The van der Waals surface area contributed by atoms with E-state index in [0.29, 0.717) is 12.1 Å². The van der Waals surface area contributed by atoms with Crippen molar-refractivity contribution >= 4 is 22.6 Å². The number of fused-ring (bicyclic) bond motifs is 1. The number of carbonyl (C=O) groups excluding carboxylic acids is 2. The van der Waals surface area contributed by atoms with Crippen LogP contribution in [0.25, 0.3) is 10.8 Å². The maximum atomic E-state index is 12.2. The van der Waals surface area contributed by atoms with Crippen molar-refractivity contribution in [1.82, 2.24) is 15.6 Å². The summed E-state index contributed by atoms with van der Waals surface area (Å²) < 4.78 is 0. The first kappa shape index (κ1) is 15.7. The van der Waals surface area contributed by atoms with Gasteiger partial charge in [-0.3, -0.25) is 14.6 Å². The fourth-order valence-electron chi connectivity index (χ4n) is 2.36. The van der Waals surface area contributed by atoms with Gasteiger partial charge in [0.15, 0.2) is 0 Å². The summed E-state index contributed by atoms with van der Waals surface area (Å²) in [6, 6.07) is 16.9. The molecular formula is C19H17N3O2. The summed E-state index contributed by atoms with van der Waals surface area (Å²) in [5.74, 6) is -0.499. The van der Waals surface area contributed by atoms with Gasteiger partial charge < -0.3 is 10.6 Å². The fourth-order valence-corrected chi connectivity index (χ4v) is 2.36. The Balaban J connectivity index is 1.53. The van der Waals surface area contributed by atoms with Crippen molar-refractivity contribution in [3.05, 3.63) is 78.1 Å². The van der Waals surface area contributed by atoms with E-state index in [0.717, 1.165) is 16.3 Å². The summed E-state index contributed by atoms with van der Waals surface area (Å²) in [6.45, 7) is 0.351. The highest BCUT2D eigenvalue weighted by Crippen LogP contribution is 2.15. The molecule has 1 aromatic heterocycles. The van der Waals surface area contributed by atoms with Crippen LogP contribution in [0.15, 0.2) is 67.0 Å². The van der Waals surface area contributed by atoms with Gasteiger partial charge in [0, 0.05) is 24.5 Å². The average molecular weight is 319 g/mol. The molecule has 0 radical (unpaired) electrons. The lowest BCUT2D eigenvalue weighted by Gasteiger charge is -2.08. The lowest BCUT2D eigenvalue weighted by atomic mass is 10.1. The average Bonchev–Trinajstić information content (AvgIpc) is 2.65. The van der Waals surface area contributed by atoms with Crippen LogP contribution >= 0.6 is 0 Å². The molecule has 2 amide bonds. The van der Waals surface area contributed by atoms with Crippen LogP contribution < -0.4 is 10.6 Å². The molecule has 0 spiro atoms. The van der Waals surface area contributed by atoms with E-state index in [1.54, 1.807) is 18.5 Å². The minimum atomic E-state index is -0.264. The first-order valence-electron chi connectivity index (χ1n) is 7.65. The van der Waals surface area contributed by atoms with Gasteiger partial charge in [0.1, 0.15) is 0 Å². The SMILES string of the molecule is O=C(CNC(=O)c1ccc2ccccc2c1)NCc1ccncc1. The fraction of sp³-hybridized carbons (Fsp3) is 0.105. The van der Waals surface area contributed by atoms with Gasteiger partial charge in [-0.15, -0.1) is 0 Å². The van der Waals surface area contributed by atoms with Crippen LogP contribution in [-0.2, 0) is 11.3 Å². The number of carbonyl (C=O) groups is 2. The van der Waals surface area contributed by atoms with Gasteiger partial charge >= 0.3 is 0 Å². The van der Waals surface area contributed by atoms with Crippen LogP contribution in [0, 0.1) is 0 Å². The molecule has 0 bridgehead atoms. The van der Waals surface area contributed by atoms with Gasteiger partial charge in [-0.1, -0.05) is 30.3 Å². The summed E-state index contributed by atoms with van der Waals surface area (Å²) >= 11 is 0. The van der Waals surface area contributed by atoms with Crippen LogP contribution in [0.4, 0.5) is 0 Å². The molecule has 0 aliphatic rings. The molecule has 3 rings (SSSR count). The van der Waals surface area contributed by atoms with Crippen molar-refractivity contribution in [3.8, 4) is 0 Å². The number of nitrogens with zero attached hydrogens (tertiary/aromatic N) is 1. The second kappa shape index (κ2) is 7.37. The van der Waals surface area contributed by atoms with E-state index in [2.05, 4.69) is 15.6 Å². The second-order valence-corrected chi connectivity index (χ2v) is 5.38. The molecule has 120 valence electrons. The van der Waals surface area contributed by atoms with Crippen LogP contribution in [0.5, 0.6) is 0 Å². The highest BCUT2D eigenvalue weighted by Gasteiger charge is 2.08. The monoisotopic (exact) mass is 319 g/mol. The molecule has 3 aromatic rings. The summed E-state index contributed by atoms with van der Waals surface area (Å²) in [5, 5.41) is 7.46. The number of amides is 2. The third kappa shape index (κ3) is 3.95. The lowest BCUT2D eigenvalue weighted by molar-refractivity contribution is -0.120. The summed E-state index contributed by atoms with van der Waals surface area (Å²) in [4.78, 5) is 27.9. The van der Waals surface area contributed by atoms with Gasteiger partial charge in [0.2, 0.25) is 5.91 Å². The Hall–Kier alpha value is -3.21. The van der Waals surface area contributed by atoms with E-state index < -0.39 is 0 Å². The number of benzene rings is 2. The molecule has 24 heavy (non-hydrogen) atoms. The highest BCUT2D eigenvalue weighted by atomic mass is 16.2. The van der Waals surface area contributed by atoms with Crippen LogP contribution in [0.3, 0.4) is 0 Å². The number of hydrogen-bond acceptors (Lipinski definition) is 3. The van der Waals surface area contributed by atoms with Gasteiger partial charge in [-0.2, -0.15) is 0 Å². The number of rotatable bonds is 5. The molecule has 2 aromatic carbocycles. The van der Waals surface area contributed by atoms with Crippen molar-refractivity contribution < 1.29 is 9.59 Å². The molecule has 0 atom stereocenters. The molecule has 0 saturated carbocycles. The van der Waals surface area contributed by atoms with Gasteiger partial charge in [-0.25, -0.2) is 0 Å². The third-order valence-corrected chi connectivity index (χ3v) is 3.66. The molecule has 5 heteroatoms. The normalized spacial score (nSPS) is 10.3. The molecule has 2 N–H and O–H groups in total. The van der Waals surface area contributed by atoms with Crippen molar-refractivity contribution in [2.45, 2.75) is 6.54 Å². The molecule has 0 saturated heterocycles. The Morgan fingerprint density at radius 1 is 0.875 bits per heavy atom. The lowest BCUT2D eigenvalue weighted by Crippen LogP contribution is -2.36. The molecule has 0 unspecified atom stereocenters. The molecular weight excluding hydrogens is 302 g/mol. The predicted octanol–water partition coefficient (Wildman–Crippen LogP) is 2.28. The number of aromatic nitrogens is 1. The summed E-state index contributed by atoms with van der Waals surface area (Å²) in [5.41, 5.74) is 1.50. The minimum Gasteiger partial charge on any atom is -0.350 e. The highest BCUT2D eigenvalue weighted by molar-refractivity contribution is 5.99. The molecule has 1 heterocycles. The van der Waals surface area contributed by atoms with Crippen LogP contribution in [0.1, 0.15) is 15.9 Å². The first-order chi connectivity index (χ1) is 11.7. The molecule has 5 nitrogen and oxygen atoms in total. The first-order valence-corrected chi connectivity index (χ1v) is 7.65. The smallest absolute Gasteiger partial charge is 0.251 e. The van der Waals surface area contributed by atoms with Crippen LogP contribution in [0.2, 0.25) is 0 Å². The second-order valence-electron chi connectivity index (χ2n) is 5.38. The van der Waals surface area contributed by atoms with E-state index in [4.69, 9.17) is 0 Å². The van der Waals surface area contributed by atoms with Crippen molar-refractivity contribution in [2.75, 3.05) is 6.54 Å². The quantitative estimate of drug-likeness (QED) is 0.758. The zero-order chi connectivity index (χ0) is 16.8. The van der Waals surface area contributed by atoms with E-state index in [1.807, 2.05) is 48.5 Å². The van der Waals surface area contributed by atoms with E-state index >= 15 is 0 Å². The van der Waals surface area contributed by atoms with E-state index in [9.17, 15) is 9.59 Å². The molecule has 0 aliphatic carbocycles. The van der Waals surface area contributed by atoms with Crippen molar-refractivity contribution in [2.24, 2.45) is 0 Å². The van der Waals surface area contributed by atoms with Crippen LogP contribution in [-0.4, -0.2) is 23.3 Å². The standard InChI is InChI=1S/C19H17N3O2/c23-18(21-12-14-7-9-20-10-8-14)13-22-19(24)17-6-5-15-3-1-2-4-16(15)11-17/h1-11H,12-13H2,(H,21,23)(H,22,24). The maximum absolute atomic E-state index is 12.2. The van der Waals surface area contributed by atoms with Crippen molar-refractivity contribution in [3.63, 3.8) is 0 Å². The number of hydrogen-bond donors (Lipinski definition) is 2. The zero-order valence-corrected chi connectivity index (χ0v) is 13.0. The Kier molecular flexibility index (Phi) is 4.81. The van der Waals surface area contributed by atoms with Gasteiger partial charge in [-0.05, 0) is 40.6 Å². The third-order valence-electron chi connectivity index (χ3n) is 3.66. The van der Waals surface area contributed by atoms with Gasteiger partial charge in [0.05, 0.1) is 6.54 Å². The number of pyridine rings is 1. The minimum absolute atomic E-state index is 0.0588. The largest absolute Gasteiger partial charge is 0.350 e. The van der Waals surface area contributed by atoms with Gasteiger partial charge in [0.25, 0.3) is 5.91 Å². The topological polar surface area (TPSA) is 71.1 Å². The Labute approximate surface area is 139 Å². The molecule has 0 fully saturated rings. The Morgan fingerprint density at radius 2 is 1.62 bits per heavy atom. The maximum Gasteiger partial charge on any atom is 0.251 e. The summed E-state index contributed by atoms with van der Waals surface area (Å²) in [6.07, 6.45) is 3.34. The Bertz CT molecular complexity index is 863. The van der Waals surface area contributed by atoms with Crippen molar-refractivity contribution in [1.29, 1.82) is 0 Å². The molecule has 0 aliphatic heterocycles. The predicted molar refractivity (Wildman–Crippen MR) is 92.4 cm³/mol. The van der Waals surface area contributed by atoms with E-state index in [1.165, 1.54) is 0 Å².